The molecule has 0 aliphatic rings. The minimum Gasteiger partial charge on any atom is -0.370 e. The van der Waals surface area contributed by atoms with Crippen molar-refractivity contribution in [3.63, 3.8) is 0 Å². The van der Waals surface area contributed by atoms with Crippen molar-refractivity contribution in [1.82, 2.24) is 9.97 Å². The van der Waals surface area contributed by atoms with Gasteiger partial charge >= 0.3 is 0 Å². The highest BCUT2D eigenvalue weighted by Gasteiger charge is 2.14. The molecule has 0 radical (unpaired) electrons. The van der Waals surface area contributed by atoms with Crippen molar-refractivity contribution in [2.45, 2.75) is 48.0 Å². The zero-order valence-electron chi connectivity index (χ0n) is 13.9. The van der Waals surface area contributed by atoms with Crippen molar-refractivity contribution >= 4 is 11.6 Å². The molecule has 0 fully saturated rings. The first-order chi connectivity index (χ1) is 9.46. The number of aryl methyl sites for hydroxylation is 1. The molecule has 1 aromatic heterocycles. The minimum absolute atomic E-state index is 0.622. The molecule has 20 heavy (non-hydrogen) atoms. The number of nitrogens with zero attached hydrogens (tertiary/aromatic N) is 3. The smallest absolute Gasteiger partial charge is 0.134 e. The van der Waals surface area contributed by atoms with Crippen LogP contribution in [-0.2, 0) is 6.42 Å². The van der Waals surface area contributed by atoms with Crippen molar-refractivity contribution in [3.05, 3.63) is 11.9 Å². The van der Waals surface area contributed by atoms with E-state index in [0.29, 0.717) is 11.8 Å². The Bertz CT molecular complexity index is 391. The lowest BCUT2D eigenvalue weighted by molar-refractivity contribution is 0.547. The third kappa shape index (κ3) is 5.35. The van der Waals surface area contributed by atoms with E-state index in [1.807, 2.05) is 0 Å². The van der Waals surface area contributed by atoms with Crippen LogP contribution in [0.15, 0.2) is 6.07 Å². The lowest BCUT2D eigenvalue weighted by atomic mass is 10.1. The highest BCUT2D eigenvalue weighted by atomic mass is 15.2. The van der Waals surface area contributed by atoms with Crippen LogP contribution in [0.1, 0.15) is 47.4 Å². The van der Waals surface area contributed by atoms with E-state index in [-0.39, 0.29) is 0 Å². The van der Waals surface area contributed by atoms with Gasteiger partial charge in [-0.1, -0.05) is 34.6 Å². The predicted molar refractivity (Wildman–Crippen MR) is 87.5 cm³/mol. The number of hydrogen-bond acceptors (Lipinski definition) is 4. The summed E-state index contributed by atoms with van der Waals surface area (Å²) in [5.41, 5.74) is 0. The Balaban J connectivity index is 3.06. The summed E-state index contributed by atoms with van der Waals surface area (Å²) in [4.78, 5) is 11.6. The Morgan fingerprint density at radius 2 is 1.65 bits per heavy atom. The molecule has 0 aromatic carbocycles. The van der Waals surface area contributed by atoms with E-state index in [1.165, 1.54) is 0 Å². The lowest BCUT2D eigenvalue weighted by Crippen LogP contribution is -2.32. The van der Waals surface area contributed by atoms with Gasteiger partial charge in [0.05, 0.1) is 0 Å². The van der Waals surface area contributed by atoms with Gasteiger partial charge in [-0.25, -0.2) is 9.97 Å². The van der Waals surface area contributed by atoms with E-state index in [4.69, 9.17) is 4.98 Å². The standard InChI is InChI=1S/C16H30N4/c1-7-14-18-15(17-8-2)9-16(19-14)20(10-12(3)4)11-13(5)6/h9,12-13H,7-8,10-11H2,1-6H3,(H,17,18,19). The topological polar surface area (TPSA) is 41.0 Å². The second kappa shape index (κ2) is 8.08. The van der Waals surface area contributed by atoms with Gasteiger partial charge in [0, 0.05) is 32.1 Å². The fourth-order valence-electron chi connectivity index (χ4n) is 2.22. The van der Waals surface area contributed by atoms with Crippen LogP contribution in [0.25, 0.3) is 0 Å². The zero-order chi connectivity index (χ0) is 15.1. The molecule has 0 spiro atoms. The average molecular weight is 278 g/mol. The van der Waals surface area contributed by atoms with Crippen LogP contribution in [0.5, 0.6) is 0 Å². The third-order valence-electron chi connectivity index (χ3n) is 2.93. The van der Waals surface area contributed by atoms with Crippen molar-refractivity contribution in [3.8, 4) is 0 Å². The Morgan fingerprint density at radius 1 is 1.05 bits per heavy atom. The highest BCUT2D eigenvalue weighted by molar-refractivity contribution is 5.49. The molecule has 4 heteroatoms. The van der Waals surface area contributed by atoms with Crippen LogP contribution in [0.4, 0.5) is 11.6 Å². The largest absolute Gasteiger partial charge is 0.370 e. The molecule has 0 amide bonds. The number of hydrogen-bond donors (Lipinski definition) is 1. The van der Waals surface area contributed by atoms with Crippen molar-refractivity contribution < 1.29 is 0 Å². The van der Waals surface area contributed by atoms with E-state index < -0.39 is 0 Å². The van der Waals surface area contributed by atoms with Gasteiger partial charge in [-0.3, -0.25) is 0 Å². The molecule has 1 N–H and O–H groups in total. The molecule has 1 heterocycles. The average Bonchev–Trinajstić information content (AvgIpc) is 2.37. The molecule has 0 aliphatic heterocycles. The van der Waals surface area contributed by atoms with E-state index >= 15 is 0 Å². The summed E-state index contributed by atoms with van der Waals surface area (Å²) in [6, 6.07) is 2.08. The molecule has 0 aliphatic carbocycles. The van der Waals surface area contributed by atoms with Crippen LogP contribution in [0, 0.1) is 11.8 Å². The molecule has 1 rings (SSSR count). The number of aromatic nitrogens is 2. The van der Waals surface area contributed by atoms with Crippen LogP contribution < -0.4 is 10.2 Å². The second-order valence-electron chi connectivity index (χ2n) is 6.10. The molecular weight excluding hydrogens is 248 g/mol. The molecule has 0 unspecified atom stereocenters. The van der Waals surface area contributed by atoms with Gasteiger partial charge in [0.25, 0.3) is 0 Å². The van der Waals surface area contributed by atoms with Crippen molar-refractivity contribution in [2.24, 2.45) is 11.8 Å². The molecular formula is C16H30N4. The van der Waals surface area contributed by atoms with Gasteiger partial charge < -0.3 is 10.2 Å². The number of anilines is 2. The van der Waals surface area contributed by atoms with Gasteiger partial charge in [-0.05, 0) is 18.8 Å². The van der Waals surface area contributed by atoms with Crippen LogP contribution >= 0.6 is 0 Å². The van der Waals surface area contributed by atoms with Gasteiger partial charge in [-0.15, -0.1) is 0 Å². The Labute approximate surface area is 124 Å². The Morgan fingerprint density at radius 3 is 2.10 bits per heavy atom. The fraction of sp³-hybridized carbons (Fsp3) is 0.750. The van der Waals surface area contributed by atoms with Crippen LogP contribution in [0.2, 0.25) is 0 Å². The molecule has 0 bridgehead atoms. The van der Waals surface area contributed by atoms with Crippen LogP contribution in [0.3, 0.4) is 0 Å². The maximum atomic E-state index is 4.72. The molecule has 0 atom stereocenters. The second-order valence-corrected chi connectivity index (χ2v) is 6.10. The summed E-state index contributed by atoms with van der Waals surface area (Å²) < 4.78 is 0. The maximum absolute atomic E-state index is 4.72. The number of rotatable bonds is 8. The van der Waals surface area contributed by atoms with Gasteiger partial charge in [0.1, 0.15) is 17.5 Å². The number of nitrogens with one attached hydrogen (secondary N) is 1. The molecule has 0 saturated carbocycles. The van der Waals surface area contributed by atoms with E-state index in [2.05, 4.69) is 62.8 Å². The van der Waals surface area contributed by atoms with Crippen molar-refractivity contribution in [2.75, 3.05) is 29.9 Å². The van der Waals surface area contributed by atoms with E-state index in [0.717, 1.165) is 43.5 Å². The Kier molecular flexibility index (Phi) is 6.76. The predicted octanol–water partition coefficient (Wildman–Crippen LogP) is 3.59. The maximum Gasteiger partial charge on any atom is 0.134 e. The monoisotopic (exact) mass is 278 g/mol. The first-order valence-electron chi connectivity index (χ1n) is 7.83. The summed E-state index contributed by atoms with van der Waals surface area (Å²) in [6.45, 7) is 16.1. The van der Waals surface area contributed by atoms with Crippen LogP contribution in [-0.4, -0.2) is 29.6 Å². The normalized spacial score (nSPS) is 11.2. The summed E-state index contributed by atoms with van der Waals surface area (Å²) >= 11 is 0. The van der Waals surface area contributed by atoms with E-state index in [9.17, 15) is 0 Å². The molecule has 114 valence electrons. The summed E-state index contributed by atoms with van der Waals surface area (Å²) in [5, 5.41) is 3.31. The summed E-state index contributed by atoms with van der Waals surface area (Å²) in [5.74, 6) is 4.14. The highest BCUT2D eigenvalue weighted by Crippen LogP contribution is 2.19. The molecule has 1 aromatic rings. The molecule has 4 nitrogen and oxygen atoms in total. The Hall–Kier alpha value is -1.32. The SMILES string of the molecule is CCNc1cc(N(CC(C)C)CC(C)C)nc(CC)n1. The first-order valence-corrected chi connectivity index (χ1v) is 7.83. The van der Waals surface area contributed by atoms with Gasteiger partial charge in [0.2, 0.25) is 0 Å². The summed E-state index contributed by atoms with van der Waals surface area (Å²) in [6.07, 6.45) is 0.865. The van der Waals surface area contributed by atoms with E-state index in [1.54, 1.807) is 0 Å². The van der Waals surface area contributed by atoms with Gasteiger partial charge in [-0.2, -0.15) is 0 Å². The van der Waals surface area contributed by atoms with Crippen molar-refractivity contribution in [1.29, 1.82) is 0 Å². The van der Waals surface area contributed by atoms with Gasteiger partial charge in [0.15, 0.2) is 0 Å². The summed E-state index contributed by atoms with van der Waals surface area (Å²) in [7, 11) is 0. The minimum atomic E-state index is 0.622. The quantitative estimate of drug-likeness (QED) is 0.789. The lowest BCUT2D eigenvalue weighted by Gasteiger charge is -2.28. The first kappa shape index (κ1) is 16.7. The fourth-order valence-corrected chi connectivity index (χ4v) is 2.22. The third-order valence-corrected chi connectivity index (χ3v) is 2.93. The molecule has 0 saturated heterocycles. The zero-order valence-corrected chi connectivity index (χ0v) is 13.9.